The number of anilines is 2. The molecule has 9 heteroatoms. The van der Waals surface area contributed by atoms with E-state index in [0.717, 1.165) is 24.6 Å². The number of aryl methyl sites for hydroxylation is 1. The molecule has 0 amide bonds. The van der Waals surface area contributed by atoms with Gasteiger partial charge in [0.1, 0.15) is 5.82 Å². The normalized spacial score (nSPS) is 20.6. The van der Waals surface area contributed by atoms with Gasteiger partial charge in [-0.05, 0) is 25.8 Å². The molecule has 4 rings (SSSR count). The summed E-state index contributed by atoms with van der Waals surface area (Å²) in [5.74, 6) is -0.634. The summed E-state index contributed by atoms with van der Waals surface area (Å²) >= 11 is 0. The van der Waals surface area contributed by atoms with E-state index in [0.29, 0.717) is 37.8 Å². The lowest BCUT2D eigenvalue weighted by atomic mass is 9.92. The molecule has 0 spiro atoms. The Morgan fingerprint density at radius 3 is 2.52 bits per heavy atom. The quantitative estimate of drug-likeness (QED) is 0.882. The zero-order valence-electron chi connectivity index (χ0n) is 15.4. The van der Waals surface area contributed by atoms with Crippen LogP contribution in [0.1, 0.15) is 31.4 Å². The Morgan fingerprint density at radius 2 is 1.85 bits per heavy atom. The second-order valence-electron chi connectivity index (χ2n) is 7.17. The van der Waals surface area contributed by atoms with Crippen molar-refractivity contribution in [3.63, 3.8) is 0 Å². The number of rotatable bonds is 4. The molecule has 1 saturated carbocycles. The van der Waals surface area contributed by atoms with Gasteiger partial charge in [0.2, 0.25) is 11.9 Å². The van der Waals surface area contributed by atoms with E-state index < -0.39 is 5.92 Å². The van der Waals surface area contributed by atoms with Gasteiger partial charge in [-0.3, -0.25) is 0 Å². The van der Waals surface area contributed by atoms with E-state index in [4.69, 9.17) is 4.74 Å². The van der Waals surface area contributed by atoms with E-state index in [1.165, 1.54) is 0 Å². The van der Waals surface area contributed by atoms with Gasteiger partial charge in [-0.1, -0.05) is 0 Å². The van der Waals surface area contributed by atoms with Gasteiger partial charge in [0.05, 0.1) is 13.2 Å². The SMILES string of the molecule is Cc1ccnn1-c1cc(N2CCOCC2)nc(NC2CCC(F)(F)CC2)n1. The maximum Gasteiger partial charge on any atom is 0.248 e. The molecule has 0 atom stereocenters. The van der Waals surface area contributed by atoms with Gasteiger partial charge in [-0.2, -0.15) is 15.1 Å². The van der Waals surface area contributed by atoms with Crippen LogP contribution in [0.2, 0.25) is 0 Å². The van der Waals surface area contributed by atoms with E-state index in [-0.39, 0.29) is 18.9 Å². The highest BCUT2D eigenvalue weighted by molar-refractivity contribution is 5.50. The first-order chi connectivity index (χ1) is 13.0. The molecule has 0 aromatic carbocycles. The third kappa shape index (κ3) is 4.18. The Bertz CT molecular complexity index is 780. The molecule has 3 heterocycles. The average Bonchev–Trinajstić information content (AvgIpc) is 3.10. The summed E-state index contributed by atoms with van der Waals surface area (Å²) in [4.78, 5) is 11.4. The Kier molecular flexibility index (Phi) is 4.94. The minimum absolute atomic E-state index is 0.0452. The second kappa shape index (κ2) is 7.38. The standard InChI is InChI=1S/C18H24F2N6O/c1-13-4-7-21-26(13)16-12-15(25-8-10-27-11-9-25)23-17(24-16)22-14-2-5-18(19,20)6-3-14/h4,7,12,14H,2-3,5-6,8-11H2,1H3,(H,22,23,24). The minimum atomic E-state index is -2.55. The fraction of sp³-hybridized carbons (Fsp3) is 0.611. The lowest BCUT2D eigenvalue weighted by Gasteiger charge is -2.30. The van der Waals surface area contributed by atoms with Gasteiger partial charge >= 0.3 is 0 Å². The molecule has 27 heavy (non-hydrogen) atoms. The Balaban J connectivity index is 1.60. The van der Waals surface area contributed by atoms with Crippen LogP contribution in [0.15, 0.2) is 18.3 Å². The number of alkyl halides is 2. The van der Waals surface area contributed by atoms with Crippen molar-refractivity contribution in [2.24, 2.45) is 0 Å². The lowest BCUT2D eigenvalue weighted by Crippen LogP contribution is -2.37. The van der Waals surface area contributed by atoms with E-state index in [1.807, 2.05) is 19.1 Å². The van der Waals surface area contributed by atoms with Crippen molar-refractivity contribution >= 4 is 11.8 Å². The number of nitrogens with zero attached hydrogens (tertiary/aromatic N) is 5. The number of nitrogens with one attached hydrogen (secondary N) is 1. The minimum Gasteiger partial charge on any atom is -0.378 e. The Hall–Kier alpha value is -2.29. The van der Waals surface area contributed by atoms with Crippen molar-refractivity contribution in [3.8, 4) is 5.82 Å². The molecule has 2 aromatic heterocycles. The Morgan fingerprint density at radius 1 is 1.15 bits per heavy atom. The number of ether oxygens (including phenoxy) is 1. The molecule has 2 aliphatic rings. The highest BCUT2D eigenvalue weighted by Crippen LogP contribution is 2.34. The summed E-state index contributed by atoms with van der Waals surface area (Å²) in [5.41, 5.74) is 0.963. The molecule has 0 radical (unpaired) electrons. The Labute approximate surface area is 156 Å². The van der Waals surface area contributed by atoms with Gasteiger partial charge in [0, 0.05) is 49.9 Å². The second-order valence-corrected chi connectivity index (χ2v) is 7.17. The molecule has 1 aliphatic carbocycles. The first-order valence-electron chi connectivity index (χ1n) is 9.37. The van der Waals surface area contributed by atoms with Crippen LogP contribution in [0.5, 0.6) is 0 Å². The largest absolute Gasteiger partial charge is 0.378 e. The first kappa shape index (κ1) is 18.1. The number of halogens is 2. The maximum absolute atomic E-state index is 13.4. The molecule has 7 nitrogen and oxygen atoms in total. The average molecular weight is 378 g/mol. The molecule has 1 aliphatic heterocycles. The van der Waals surface area contributed by atoms with Gasteiger partial charge < -0.3 is 15.0 Å². The predicted molar refractivity (Wildman–Crippen MR) is 97.7 cm³/mol. The zero-order valence-corrected chi connectivity index (χ0v) is 15.4. The molecule has 0 bridgehead atoms. The van der Waals surface area contributed by atoms with Crippen molar-refractivity contribution in [2.75, 3.05) is 36.5 Å². The van der Waals surface area contributed by atoms with Crippen LogP contribution >= 0.6 is 0 Å². The molecule has 0 unspecified atom stereocenters. The van der Waals surface area contributed by atoms with E-state index in [9.17, 15) is 8.78 Å². The first-order valence-corrected chi connectivity index (χ1v) is 9.37. The fourth-order valence-corrected chi connectivity index (χ4v) is 3.53. The topological polar surface area (TPSA) is 68.1 Å². The molecular formula is C18H24F2N6O. The van der Waals surface area contributed by atoms with E-state index >= 15 is 0 Å². The molecule has 2 fully saturated rings. The van der Waals surface area contributed by atoms with Crippen LogP contribution in [0.25, 0.3) is 5.82 Å². The summed E-state index contributed by atoms with van der Waals surface area (Å²) in [6.45, 7) is 4.77. The maximum atomic E-state index is 13.4. The van der Waals surface area contributed by atoms with Crippen molar-refractivity contribution in [2.45, 2.75) is 44.6 Å². The van der Waals surface area contributed by atoms with Crippen LogP contribution in [0.3, 0.4) is 0 Å². The third-order valence-electron chi connectivity index (χ3n) is 5.13. The number of hydrogen-bond acceptors (Lipinski definition) is 6. The molecule has 1 N–H and O–H groups in total. The van der Waals surface area contributed by atoms with Gasteiger partial charge in [0.15, 0.2) is 5.82 Å². The highest BCUT2D eigenvalue weighted by Gasteiger charge is 2.35. The summed E-state index contributed by atoms with van der Waals surface area (Å²) in [7, 11) is 0. The fourth-order valence-electron chi connectivity index (χ4n) is 3.53. The summed E-state index contributed by atoms with van der Waals surface area (Å²) in [6, 6.07) is 3.77. The number of aromatic nitrogens is 4. The van der Waals surface area contributed by atoms with Crippen LogP contribution < -0.4 is 10.2 Å². The van der Waals surface area contributed by atoms with Crippen LogP contribution in [-0.4, -0.2) is 58.0 Å². The van der Waals surface area contributed by atoms with Crippen molar-refractivity contribution in [3.05, 3.63) is 24.0 Å². The smallest absolute Gasteiger partial charge is 0.248 e. The lowest BCUT2D eigenvalue weighted by molar-refractivity contribution is -0.0361. The van der Waals surface area contributed by atoms with Crippen LogP contribution in [0, 0.1) is 6.92 Å². The monoisotopic (exact) mass is 378 g/mol. The molecular weight excluding hydrogens is 354 g/mol. The van der Waals surface area contributed by atoms with E-state index in [2.05, 4.69) is 25.3 Å². The predicted octanol–water partition coefficient (Wildman–Crippen LogP) is 2.80. The van der Waals surface area contributed by atoms with Crippen LogP contribution in [-0.2, 0) is 4.74 Å². The summed E-state index contributed by atoms with van der Waals surface area (Å²) in [5, 5.41) is 7.60. The molecule has 146 valence electrons. The van der Waals surface area contributed by atoms with Crippen molar-refractivity contribution < 1.29 is 13.5 Å². The van der Waals surface area contributed by atoms with Gasteiger partial charge in [-0.25, -0.2) is 13.5 Å². The van der Waals surface area contributed by atoms with Crippen LogP contribution in [0.4, 0.5) is 20.5 Å². The summed E-state index contributed by atoms with van der Waals surface area (Å²) in [6.07, 6.45) is 2.35. The third-order valence-corrected chi connectivity index (χ3v) is 5.13. The zero-order chi connectivity index (χ0) is 18.9. The van der Waals surface area contributed by atoms with Crippen molar-refractivity contribution in [1.29, 1.82) is 0 Å². The highest BCUT2D eigenvalue weighted by atomic mass is 19.3. The number of morpholine rings is 1. The molecule has 2 aromatic rings. The van der Waals surface area contributed by atoms with E-state index in [1.54, 1.807) is 10.9 Å². The van der Waals surface area contributed by atoms with Gasteiger partial charge in [-0.15, -0.1) is 0 Å². The molecule has 1 saturated heterocycles. The van der Waals surface area contributed by atoms with Crippen molar-refractivity contribution in [1.82, 2.24) is 19.7 Å². The van der Waals surface area contributed by atoms with Gasteiger partial charge in [0.25, 0.3) is 0 Å². The number of hydrogen-bond donors (Lipinski definition) is 1. The summed E-state index contributed by atoms with van der Waals surface area (Å²) < 4.78 is 34.0.